The van der Waals surface area contributed by atoms with E-state index in [4.69, 9.17) is 10.7 Å². The van der Waals surface area contributed by atoms with Crippen molar-refractivity contribution in [1.29, 1.82) is 5.26 Å². The number of anilines is 2. The van der Waals surface area contributed by atoms with Crippen molar-refractivity contribution >= 4 is 28.8 Å². The summed E-state index contributed by atoms with van der Waals surface area (Å²) in [6.45, 7) is 1.90. The van der Waals surface area contributed by atoms with Gasteiger partial charge in [-0.15, -0.1) is 0 Å². The van der Waals surface area contributed by atoms with Gasteiger partial charge in [0.25, 0.3) is 5.56 Å². The van der Waals surface area contributed by atoms with E-state index in [-0.39, 0.29) is 22.8 Å². The van der Waals surface area contributed by atoms with Gasteiger partial charge in [0.1, 0.15) is 35.6 Å². The number of nitrogen functional groups attached to an aromatic ring is 1. The zero-order valence-electron chi connectivity index (χ0n) is 17.2. The number of nitrogens with two attached hydrogens (primary N) is 1. The summed E-state index contributed by atoms with van der Waals surface area (Å²) >= 11 is 0. The van der Waals surface area contributed by atoms with Crippen LogP contribution in [0.4, 0.5) is 11.6 Å². The molecule has 3 heterocycles. The van der Waals surface area contributed by atoms with E-state index in [0.29, 0.717) is 28.8 Å². The second kappa shape index (κ2) is 7.59. The van der Waals surface area contributed by atoms with Crippen molar-refractivity contribution in [2.45, 2.75) is 19.4 Å². The topological polar surface area (TPSA) is 126 Å². The molecule has 1 aliphatic heterocycles. The first kappa shape index (κ1) is 19.4. The first-order chi connectivity index (χ1) is 15.6. The average Bonchev–Trinajstić information content (AvgIpc) is 3.29. The van der Waals surface area contributed by atoms with E-state index >= 15 is 0 Å². The molecule has 9 heteroatoms. The van der Waals surface area contributed by atoms with Gasteiger partial charge in [0.2, 0.25) is 0 Å². The lowest BCUT2D eigenvalue weighted by Crippen LogP contribution is -2.31. The van der Waals surface area contributed by atoms with Crippen molar-refractivity contribution in [3.63, 3.8) is 0 Å². The standard InChI is InChI=1S/C23H18N8O/c1-14-6-5-9-17-19(14)23(32)30(15-7-3-2-4-8-15)22(29-17)18-10-11-28-31(18)21-16(12-24)20(25)26-13-27-21/h2-9,11,13,18H,10H2,1H3,(H2,25,26,27)/t18-/m0/s1. The minimum absolute atomic E-state index is 0.0703. The number of aryl methyl sites for hydroxylation is 1. The SMILES string of the molecule is Cc1cccc2nc([C@@H]3CC=NN3c3ncnc(N)c3C#N)n(-c3ccccc3)c(=O)c12. The van der Waals surface area contributed by atoms with E-state index in [0.717, 1.165) is 5.56 Å². The summed E-state index contributed by atoms with van der Waals surface area (Å²) in [5, 5.41) is 16.2. The van der Waals surface area contributed by atoms with Gasteiger partial charge < -0.3 is 5.73 Å². The van der Waals surface area contributed by atoms with Gasteiger partial charge in [-0.05, 0) is 30.7 Å². The smallest absolute Gasteiger partial charge is 0.266 e. The van der Waals surface area contributed by atoms with Crippen LogP contribution in [0, 0.1) is 18.3 Å². The molecule has 2 aromatic heterocycles. The van der Waals surface area contributed by atoms with Crippen LogP contribution in [0.2, 0.25) is 0 Å². The summed E-state index contributed by atoms with van der Waals surface area (Å²) < 4.78 is 1.61. The Hall–Kier alpha value is -4.58. The molecule has 0 bridgehead atoms. The van der Waals surface area contributed by atoms with Gasteiger partial charge >= 0.3 is 0 Å². The summed E-state index contributed by atoms with van der Waals surface area (Å²) in [5.41, 5.74) is 8.01. The number of hydrogen-bond donors (Lipinski definition) is 1. The largest absolute Gasteiger partial charge is 0.382 e. The number of aromatic nitrogens is 4. The molecule has 1 atom stereocenters. The third kappa shape index (κ3) is 2.97. The predicted molar refractivity (Wildman–Crippen MR) is 122 cm³/mol. The molecule has 0 radical (unpaired) electrons. The van der Waals surface area contributed by atoms with Crippen LogP contribution in [0.5, 0.6) is 0 Å². The quantitative estimate of drug-likeness (QED) is 0.538. The molecule has 0 saturated carbocycles. The molecule has 156 valence electrons. The first-order valence-electron chi connectivity index (χ1n) is 10.00. The highest BCUT2D eigenvalue weighted by Crippen LogP contribution is 2.35. The Morgan fingerprint density at radius 3 is 2.72 bits per heavy atom. The molecular weight excluding hydrogens is 404 g/mol. The number of hydrazone groups is 1. The molecule has 0 amide bonds. The number of fused-ring (bicyclic) bond motifs is 1. The zero-order valence-corrected chi connectivity index (χ0v) is 17.2. The number of benzene rings is 2. The van der Waals surface area contributed by atoms with Crippen molar-refractivity contribution < 1.29 is 0 Å². The molecule has 4 aromatic rings. The number of rotatable bonds is 3. The third-order valence-electron chi connectivity index (χ3n) is 5.46. The van der Waals surface area contributed by atoms with Gasteiger partial charge in [-0.2, -0.15) is 10.4 Å². The van der Waals surface area contributed by atoms with Gasteiger partial charge in [-0.3, -0.25) is 9.36 Å². The van der Waals surface area contributed by atoms with Crippen LogP contribution in [0.15, 0.2) is 64.8 Å². The Labute approximate surface area is 183 Å². The van der Waals surface area contributed by atoms with Gasteiger partial charge in [-0.25, -0.2) is 20.0 Å². The fourth-order valence-corrected chi connectivity index (χ4v) is 3.97. The molecule has 9 nitrogen and oxygen atoms in total. The fourth-order valence-electron chi connectivity index (χ4n) is 3.97. The summed E-state index contributed by atoms with van der Waals surface area (Å²) in [4.78, 5) is 26.8. The monoisotopic (exact) mass is 422 g/mol. The van der Waals surface area contributed by atoms with E-state index in [1.54, 1.807) is 15.8 Å². The lowest BCUT2D eigenvalue weighted by atomic mass is 10.1. The van der Waals surface area contributed by atoms with Crippen LogP contribution >= 0.6 is 0 Å². The Morgan fingerprint density at radius 1 is 1.12 bits per heavy atom. The van der Waals surface area contributed by atoms with Crippen molar-refractivity contribution in [3.8, 4) is 11.8 Å². The van der Waals surface area contributed by atoms with Crippen LogP contribution < -0.4 is 16.3 Å². The lowest BCUT2D eigenvalue weighted by molar-refractivity contribution is 0.626. The van der Waals surface area contributed by atoms with Gasteiger partial charge in [0.15, 0.2) is 5.82 Å². The van der Waals surface area contributed by atoms with Gasteiger partial charge in [0.05, 0.1) is 16.6 Å². The van der Waals surface area contributed by atoms with Gasteiger partial charge in [0, 0.05) is 12.6 Å². The van der Waals surface area contributed by atoms with Gasteiger partial charge in [-0.1, -0.05) is 30.3 Å². The number of hydrogen-bond acceptors (Lipinski definition) is 8. The van der Waals surface area contributed by atoms with E-state index in [2.05, 4.69) is 21.1 Å². The van der Waals surface area contributed by atoms with Crippen molar-refractivity contribution in [1.82, 2.24) is 19.5 Å². The molecule has 0 unspecified atom stereocenters. The maximum atomic E-state index is 13.7. The highest BCUT2D eigenvalue weighted by Gasteiger charge is 2.32. The summed E-state index contributed by atoms with van der Waals surface area (Å²) in [6, 6.07) is 16.5. The van der Waals surface area contributed by atoms with E-state index in [1.165, 1.54) is 6.33 Å². The Balaban J connectivity index is 1.78. The number of para-hydroxylation sites is 1. The Bertz CT molecular complexity index is 1470. The minimum atomic E-state index is -0.464. The lowest BCUT2D eigenvalue weighted by Gasteiger charge is -2.26. The van der Waals surface area contributed by atoms with Crippen molar-refractivity contribution in [2.75, 3.05) is 10.7 Å². The maximum absolute atomic E-state index is 13.7. The van der Waals surface area contributed by atoms with Crippen LogP contribution in [0.25, 0.3) is 16.6 Å². The van der Waals surface area contributed by atoms with E-state index in [9.17, 15) is 10.1 Å². The molecule has 2 N–H and O–H groups in total. The predicted octanol–water partition coefficient (Wildman–Crippen LogP) is 2.88. The third-order valence-corrected chi connectivity index (χ3v) is 5.46. The summed E-state index contributed by atoms with van der Waals surface area (Å²) in [7, 11) is 0. The molecule has 5 rings (SSSR count). The summed E-state index contributed by atoms with van der Waals surface area (Å²) in [6.07, 6.45) is 3.48. The minimum Gasteiger partial charge on any atom is -0.382 e. The highest BCUT2D eigenvalue weighted by atomic mass is 16.1. The van der Waals surface area contributed by atoms with Crippen molar-refractivity contribution in [2.24, 2.45) is 5.10 Å². The average molecular weight is 422 g/mol. The van der Waals surface area contributed by atoms with E-state index in [1.807, 2.05) is 55.5 Å². The molecule has 0 saturated heterocycles. The molecule has 2 aromatic carbocycles. The second-order valence-electron chi connectivity index (χ2n) is 7.38. The molecular formula is C23H18N8O. The Kier molecular flexibility index (Phi) is 4.60. The van der Waals surface area contributed by atoms with Crippen LogP contribution in [0.3, 0.4) is 0 Å². The number of nitriles is 1. The molecule has 32 heavy (non-hydrogen) atoms. The maximum Gasteiger partial charge on any atom is 0.266 e. The normalized spacial score (nSPS) is 15.2. The molecule has 1 aliphatic rings. The molecule has 0 fully saturated rings. The van der Waals surface area contributed by atoms with E-state index < -0.39 is 6.04 Å². The first-order valence-corrected chi connectivity index (χ1v) is 10.00. The molecule has 0 spiro atoms. The number of nitrogens with zero attached hydrogens (tertiary/aromatic N) is 7. The Morgan fingerprint density at radius 2 is 1.94 bits per heavy atom. The fraction of sp³-hybridized carbons (Fsp3) is 0.130. The van der Waals surface area contributed by atoms with Crippen LogP contribution in [-0.4, -0.2) is 25.7 Å². The van der Waals surface area contributed by atoms with Crippen LogP contribution in [0.1, 0.15) is 29.4 Å². The van der Waals surface area contributed by atoms with Crippen LogP contribution in [-0.2, 0) is 0 Å². The summed E-state index contributed by atoms with van der Waals surface area (Å²) in [5.74, 6) is 0.843. The van der Waals surface area contributed by atoms with Crippen molar-refractivity contribution in [3.05, 3.63) is 82.2 Å². The second-order valence-corrected chi connectivity index (χ2v) is 7.38. The highest BCUT2D eigenvalue weighted by molar-refractivity contribution is 5.82. The zero-order chi connectivity index (χ0) is 22.2. The molecule has 0 aliphatic carbocycles.